The third-order valence-electron chi connectivity index (χ3n) is 6.47. The maximum absolute atomic E-state index is 5.51. The number of morpholine rings is 1. The van der Waals surface area contributed by atoms with Crippen molar-refractivity contribution < 1.29 is 4.74 Å². The van der Waals surface area contributed by atoms with Crippen LogP contribution in [0.4, 0.5) is 0 Å². The number of hydrogen-bond donors (Lipinski definition) is 0. The minimum atomic E-state index is 0.676. The van der Waals surface area contributed by atoms with Crippen LogP contribution in [0.2, 0.25) is 0 Å². The van der Waals surface area contributed by atoms with Crippen LogP contribution >= 0.6 is 0 Å². The highest BCUT2D eigenvalue weighted by Gasteiger charge is 2.29. The summed E-state index contributed by atoms with van der Waals surface area (Å²) >= 11 is 0. The summed E-state index contributed by atoms with van der Waals surface area (Å²) in [6.07, 6.45) is 6.09. The summed E-state index contributed by atoms with van der Waals surface area (Å²) in [6.45, 7) is 14.1. The molecule has 0 radical (unpaired) electrons. The molecule has 7 nitrogen and oxygen atoms in total. The monoisotopic (exact) mass is 372 g/mol. The van der Waals surface area contributed by atoms with E-state index in [-0.39, 0.29) is 0 Å². The molecule has 4 rings (SSSR count). The lowest BCUT2D eigenvalue weighted by Gasteiger charge is -2.41. The van der Waals surface area contributed by atoms with Crippen molar-refractivity contribution in [3.05, 3.63) is 35.7 Å². The Bertz CT molecular complexity index is 726. The first-order chi connectivity index (χ1) is 13.1. The van der Waals surface area contributed by atoms with Crippen molar-refractivity contribution in [1.82, 2.24) is 29.3 Å². The number of nitrogens with zero attached hydrogens (tertiary/aromatic N) is 6. The van der Waals surface area contributed by atoms with Crippen molar-refractivity contribution in [3.63, 3.8) is 0 Å². The van der Waals surface area contributed by atoms with Gasteiger partial charge in [0.1, 0.15) is 12.7 Å². The second-order valence-corrected chi connectivity index (χ2v) is 8.05. The van der Waals surface area contributed by atoms with Crippen LogP contribution < -0.4 is 0 Å². The van der Waals surface area contributed by atoms with Crippen LogP contribution in [0.5, 0.6) is 0 Å². The molecule has 0 amide bonds. The lowest BCUT2D eigenvalue weighted by atomic mass is 9.89. The van der Waals surface area contributed by atoms with E-state index in [4.69, 9.17) is 4.74 Å². The molecule has 4 heterocycles. The van der Waals surface area contributed by atoms with Crippen molar-refractivity contribution in [2.45, 2.75) is 46.2 Å². The van der Waals surface area contributed by atoms with Gasteiger partial charge in [-0.2, -0.15) is 0 Å². The Hall–Kier alpha value is -1.70. The van der Waals surface area contributed by atoms with Gasteiger partial charge in [-0.3, -0.25) is 14.5 Å². The van der Waals surface area contributed by atoms with Gasteiger partial charge in [-0.25, -0.2) is 4.68 Å². The fourth-order valence-electron chi connectivity index (χ4n) is 4.75. The fraction of sp³-hybridized carbons (Fsp3) is 0.700. The van der Waals surface area contributed by atoms with Gasteiger partial charge in [0.2, 0.25) is 0 Å². The van der Waals surface area contributed by atoms with E-state index in [0.29, 0.717) is 6.04 Å². The topological polar surface area (TPSA) is 51.4 Å². The second-order valence-electron chi connectivity index (χ2n) is 8.05. The van der Waals surface area contributed by atoms with Gasteiger partial charge in [-0.15, -0.1) is 10.2 Å². The third kappa shape index (κ3) is 3.95. The van der Waals surface area contributed by atoms with E-state index in [1.807, 2.05) is 4.68 Å². The molecule has 2 aromatic rings. The van der Waals surface area contributed by atoms with Crippen molar-refractivity contribution in [1.29, 1.82) is 0 Å². The maximum atomic E-state index is 5.51. The van der Waals surface area contributed by atoms with Crippen molar-refractivity contribution >= 4 is 0 Å². The van der Waals surface area contributed by atoms with Crippen molar-refractivity contribution in [2.75, 3.05) is 39.4 Å². The second kappa shape index (κ2) is 8.12. The van der Waals surface area contributed by atoms with E-state index in [0.717, 1.165) is 38.8 Å². The molecule has 0 unspecified atom stereocenters. The number of likely N-dealkylation sites (tertiary alicyclic amines) is 1. The zero-order valence-electron chi connectivity index (χ0n) is 16.8. The van der Waals surface area contributed by atoms with Gasteiger partial charge in [-0.05, 0) is 64.3 Å². The van der Waals surface area contributed by atoms with Gasteiger partial charge in [0.05, 0.1) is 13.2 Å². The van der Waals surface area contributed by atoms with E-state index in [1.54, 1.807) is 12.7 Å². The summed E-state index contributed by atoms with van der Waals surface area (Å²) in [5.41, 5.74) is 3.90. The Labute approximate surface area is 161 Å². The van der Waals surface area contributed by atoms with Gasteiger partial charge >= 0.3 is 0 Å². The molecule has 0 saturated carbocycles. The molecular weight excluding hydrogens is 340 g/mol. The number of aromatic nitrogens is 4. The van der Waals surface area contributed by atoms with Crippen LogP contribution in [0.15, 0.2) is 18.7 Å². The van der Waals surface area contributed by atoms with Crippen LogP contribution in [0, 0.1) is 19.8 Å². The smallest absolute Gasteiger partial charge is 0.139 e. The van der Waals surface area contributed by atoms with E-state index in [9.17, 15) is 0 Å². The van der Waals surface area contributed by atoms with E-state index in [2.05, 4.69) is 51.5 Å². The SMILES string of the molecule is Cc1cc(CN2CCC([C@H](C)N3CCOCC3)CC2)c(C)n1-n1cnnc1. The Morgan fingerprint density at radius 1 is 1.07 bits per heavy atom. The number of aryl methyl sites for hydroxylation is 1. The number of ether oxygens (including phenoxy) is 1. The average Bonchev–Trinajstić information content (AvgIpc) is 3.31. The number of piperidine rings is 1. The molecule has 2 aliphatic rings. The molecule has 148 valence electrons. The number of rotatable bonds is 5. The lowest BCUT2D eigenvalue weighted by Crippen LogP contribution is -2.48. The summed E-state index contributed by atoms with van der Waals surface area (Å²) in [5, 5.41) is 7.88. The molecule has 2 fully saturated rings. The van der Waals surface area contributed by atoms with E-state index in [1.165, 1.54) is 42.9 Å². The normalized spacial score (nSPS) is 21.6. The van der Waals surface area contributed by atoms with E-state index < -0.39 is 0 Å². The Morgan fingerprint density at radius 2 is 1.74 bits per heavy atom. The zero-order valence-corrected chi connectivity index (χ0v) is 16.8. The quantitative estimate of drug-likeness (QED) is 0.803. The summed E-state index contributed by atoms with van der Waals surface area (Å²) in [5.74, 6) is 0.809. The fourth-order valence-corrected chi connectivity index (χ4v) is 4.75. The highest BCUT2D eigenvalue weighted by Crippen LogP contribution is 2.26. The maximum Gasteiger partial charge on any atom is 0.139 e. The predicted octanol–water partition coefficient (Wildman–Crippen LogP) is 1.94. The third-order valence-corrected chi connectivity index (χ3v) is 6.47. The molecule has 27 heavy (non-hydrogen) atoms. The summed E-state index contributed by atoms with van der Waals surface area (Å²) < 4.78 is 9.64. The molecule has 7 heteroatoms. The summed E-state index contributed by atoms with van der Waals surface area (Å²) in [7, 11) is 0. The van der Waals surface area contributed by atoms with Crippen molar-refractivity contribution in [3.8, 4) is 0 Å². The molecule has 2 aliphatic heterocycles. The van der Waals surface area contributed by atoms with Gasteiger partial charge in [0, 0.05) is 37.1 Å². The molecule has 1 atom stereocenters. The molecule has 0 bridgehead atoms. The van der Waals surface area contributed by atoms with Gasteiger partial charge in [0.25, 0.3) is 0 Å². The molecule has 0 aromatic carbocycles. The number of hydrogen-bond acceptors (Lipinski definition) is 5. The molecular formula is C20H32N6O. The van der Waals surface area contributed by atoms with Crippen LogP contribution in [-0.2, 0) is 11.3 Å². The molecule has 0 spiro atoms. The minimum Gasteiger partial charge on any atom is -0.379 e. The van der Waals surface area contributed by atoms with Crippen molar-refractivity contribution in [2.24, 2.45) is 5.92 Å². The average molecular weight is 373 g/mol. The largest absolute Gasteiger partial charge is 0.379 e. The highest BCUT2D eigenvalue weighted by molar-refractivity contribution is 5.27. The molecule has 2 saturated heterocycles. The first kappa shape index (κ1) is 18.7. The van der Waals surface area contributed by atoms with E-state index >= 15 is 0 Å². The predicted molar refractivity (Wildman–Crippen MR) is 105 cm³/mol. The van der Waals surface area contributed by atoms with Gasteiger partial charge < -0.3 is 4.74 Å². The minimum absolute atomic E-state index is 0.676. The Kier molecular flexibility index (Phi) is 5.61. The summed E-state index contributed by atoms with van der Waals surface area (Å²) in [6, 6.07) is 2.98. The highest BCUT2D eigenvalue weighted by atomic mass is 16.5. The molecule has 0 aliphatic carbocycles. The van der Waals surface area contributed by atoms with Crippen LogP contribution in [0.3, 0.4) is 0 Å². The Balaban J connectivity index is 1.35. The van der Waals surface area contributed by atoms with Gasteiger partial charge in [0.15, 0.2) is 0 Å². The zero-order chi connectivity index (χ0) is 18.8. The first-order valence-electron chi connectivity index (χ1n) is 10.2. The Morgan fingerprint density at radius 3 is 2.41 bits per heavy atom. The van der Waals surface area contributed by atoms with Gasteiger partial charge in [-0.1, -0.05) is 0 Å². The lowest BCUT2D eigenvalue weighted by molar-refractivity contribution is -0.00193. The van der Waals surface area contributed by atoms with Crippen LogP contribution in [0.1, 0.15) is 36.7 Å². The van der Waals surface area contributed by atoms with Crippen LogP contribution in [0.25, 0.3) is 0 Å². The summed E-state index contributed by atoms with van der Waals surface area (Å²) in [4.78, 5) is 5.23. The van der Waals surface area contributed by atoms with Crippen LogP contribution in [-0.4, -0.2) is 74.8 Å². The first-order valence-corrected chi connectivity index (χ1v) is 10.2. The standard InChI is InChI=1S/C20H32N6O/c1-16-12-20(18(3)26(16)25-14-21-22-15-25)13-23-6-4-19(5-7-23)17(2)24-8-10-27-11-9-24/h12,14-15,17,19H,4-11,13H2,1-3H3/t17-/m0/s1. The molecule has 2 aromatic heterocycles. The molecule has 0 N–H and O–H groups in total.